The van der Waals surface area contributed by atoms with Gasteiger partial charge in [0.1, 0.15) is 11.2 Å². The van der Waals surface area contributed by atoms with Gasteiger partial charge in [-0.25, -0.2) is 18.9 Å². The minimum absolute atomic E-state index is 0.307. The summed E-state index contributed by atoms with van der Waals surface area (Å²) in [4.78, 5) is 12.4. The van der Waals surface area contributed by atoms with Gasteiger partial charge in [-0.2, -0.15) is 0 Å². The van der Waals surface area contributed by atoms with E-state index in [0.29, 0.717) is 23.0 Å². The molecule has 0 amide bonds. The second kappa shape index (κ2) is 5.15. The van der Waals surface area contributed by atoms with E-state index in [-0.39, 0.29) is 0 Å². The predicted molar refractivity (Wildman–Crippen MR) is 81.6 cm³/mol. The fourth-order valence-electron chi connectivity index (χ4n) is 2.06. The van der Waals surface area contributed by atoms with Crippen LogP contribution >= 0.6 is 11.3 Å². The monoisotopic (exact) mass is 312 g/mol. The Bertz CT molecular complexity index is 934. The van der Waals surface area contributed by atoms with Crippen LogP contribution in [0.1, 0.15) is 0 Å². The van der Waals surface area contributed by atoms with Gasteiger partial charge < -0.3 is 5.32 Å². The molecule has 0 radical (unpaired) electrons. The minimum Gasteiger partial charge on any atom is -0.336 e. The number of rotatable bonds is 3. The van der Waals surface area contributed by atoms with Gasteiger partial charge in [0.25, 0.3) is 0 Å². The van der Waals surface area contributed by atoms with Crippen LogP contribution in [0.5, 0.6) is 0 Å². The Morgan fingerprint density at radius 2 is 2.23 bits per heavy atom. The third-order valence-corrected chi connectivity index (χ3v) is 3.66. The molecule has 22 heavy (non-hydrogen) atoms. The molecule has 0 saturated heterocycles. The van der Waals surface area contributed by atoms with E-state index >= 15 is 0 Å². The number of hydrogen-bond donors (Lipinski definition) is 1. The van der Waals surface area contributed by atoms with Crippen molar-refractivity contribution in [1.29, 1.82) is 0 Å². The largest absolute Gasteiger partial charge is 0.336 e. The molecule has 4 heterocycles. The zero-order valence-corrected chi connectivity index (χ0v) is 12.0. The second-order valence-corrected chi connectivity index (χ2v) is 5.19. The number of halogens is 1. The topological polar surface area (TPSA) is 68.0 Å². The number of pyridine rings is 1. The molecule has 4 rings (SSSR count). The third kappa shape index (κ3) is 2.19. The molecule has 6 nitrogen and oxygen atoms in total. The molecule has 4 aromatic heterocycles. The summed E-state index contributed by atoms with van der Waals surface area (Å²) in [6.07, 6.45) is 4.48. The molecule has 0 aliphatic rings. The number of hydrogen-bond acceptors (Lipinski definition) is 6. The maximum absolute atomic E-state index is 13.8. The van der Waals surface area contributed by atoms with Gasteiger partial charge in [-0.3, -0.25) is 4.98 Å². The van der Waals surface area contributed by atoms with Crippen molar-refractivity contribution < 1.29 is 4.39 Å². The van der Waals surface area contributed by atoms with Crippen molar-refractivity contribution in [2.45, 2.75) is 0 Å². The van der Waals surface area contributed by atoms with Gasteiger partial charge in [-0.1, -0.05) is 0 Å². The number of fused-ring (bicyclic) bond motifs is 1. The van der Waals surface area contributed by atoms with E-state index in [9.17, 15) is 4.39 Å². The van der Waals surface area contributed by atoms with Crippen LogP contribution in [0, 0.1) is 5.82 Å². The van der Waals surface area contributed by atoms with Gasteiger partial charge in [-0.05, 0) is 18.2 Å². The lowest BCUT2D eigenvalue weighted by atomic mass is 10.3. The van der Waals surface area contributed by atoms with E-state index in [1.807, 2.05) is 17.5 Å². The Morgan fingerprint density at radius 1 is 1.27 bits per heavy atom. The number of anilines is 2. The van der Waals surface area contributed by atoms with Crippen molar-refractivity contribution in [3.63, 3.8) is 0 Å². The molecule has 0 spiro atoms. The van der Waals surface area contributed by atoms with E-state index in [4.69, 9.17) is 0 Å². The van der Waals surface area contributed by atoms with Crippen LogP contribution in [0.15, 0.2) is 47.7 Å². The number of aromatic nitrogens is 5. The van der Waals surface area contributed by atoms with Gasteiger partial charge in [0.2, 0.25) is 5.82 Å². The van der Waals surface area contributed by atoms with Crippen LogP contribution in [0.25, 0.3) is 17.0 Å². The molecular weight excluding hydrogens is 303 g/mol. The van der Waals surface area contributed by atoms with Crippen LogP contribution in [-0.4, -0.2) is 24.6 Å². The molecule has 4 aromatic rings. The Balaban J connectivity index is 1.85. The molecule has 0 atom stereocenters. The summed E-state index contributed by atoms with van der Waals surface area (Å²) in [5.41, 5.74) is 3.45. The van der Waals surface area contributed by atoms with Crippen molar-refractivity contribution in [3.05, 3.63) is 53.5 Å². The van der Waals surface area contributed by atoms with Gasteiger partial charge in [0.15, 0.2) is 11.6 Å². The Labute approximate surface area is 128 Å². The molecule has 108 valence electrons. The van der Waals surface area contributed by atoms with Crippen LogP contribution in [0.3, 0.4) is 0 Å². The summed E-state index contributed by atoms with van der Waals surface area (Å²) in [6.45, 7) is 0. The highest BCUT2D eigenvalue weighted by Crippen LogP contribution is 2.24. The fourth-order valence-corrected chi connectivity index (χ4v) is 2.59. The van der Waals surface area contributed by atoms with Crippen LogP contribution < -0.4 is 5.32 Å². The first kappa shape index (κ1) is 12.8. The molecule has 0 bridgehead atoms. The van der Waals surface area contributed by atoms with Crippen LogP contribution in [0.4, 0.5) is 15.9 Å². The van der Waals surface area contributed by atoms with Crippen LogP contribution in [0.2, 0.25) is 0 Å². The molecule has 0 unspecified atom stereocenters. The summed E-state index contributed by atoms with van der Waals surface area (Å²) in [5.74, 6) is 0.538. The third-order valence-electron chi connectivity index (χ3n) is 3.08. The number of nitrogens with zero attached hydrogens (tertiary/aromatic N) is 5. The van der Waals surface area contributed by atoms with Crippen LogP contribution in [-0.2, 0) is 0 Å². The molecule has 1 N–H and O–H groups in total. The summed E-state index contributed by atoms with van der Waals surface area (Å²) in [7, 11) is 0. The number of nitrogens with one attached hydrogen (secondary N) is 1. The Kier molecular flexibility index (Phi) is 3.01. The molecule has 0 aliphatic heterocycles. The average Bonchev–Trinajstić information content (AvgIpc) is 3.20. The number of thiazole rings is 1. The Hall–Kier alpha value is -2.87. The lowest BCUT2D eigenvalue weighted by Gasteiger charge is -2.09. The van der Waals surface area contributed by atoms with Gasteiger partial charge >= 0.3 is 0 Å². The highest BCUT2D eigenvalue weighted by atomic mass is 32.1. The zero-order valence-electron chi connectivity index (χ0n) is 11.1. The molecule has 0 aliphatic carbocycles. The molecule has 0 fully saturated rings. The summed E-state index contributed by atoms with van der Waals surface area (Å²) in [5, 5.41) is 9.26. The average molecular weight is 312 g/mol. The second-order valence-electron chi connectivity index (χ2n) is 4.48. The first-order chi connectivity index (χ1) is 10.8. The van der Waals surface area contributed by atoms with E-state index in [1.54, 1.807) is 22.3 Å². The summed E-state index contributed by atoms with van der Waals surface area (Å²) in [6, 6.07) is 5.26. The molecular formula is C14H9FN6S. The van der Waals surface area contributed by atoms with Gasteiger partial charge in [0, 0.05) is 17.8 Å². The molecule has 8 heteroatoms. The molecule has 0 aromatic carbocycles. The first-order valence-corrected chi connectivity index (χ1v) is 7.36. The van der Waals surface area contributed by atoms with Crippen molar-refractivity contribution in [2.75, 3.05) is 5.32 Å². The molecule has 0 saturated carbocycles. The maximum Gasteiger partial charge on any atom is 0.201 e. The Morgan fingerprint density at radius 3 is 3.05 bits per heavy atom. The normalized spacial score (nSPS) is 11.0. The SMILES string of the molecule is Fc1cnccc1Nc1nc(-c2cscn2)nn2cccc12. The lowest BCUT2D eigenvalue weighted by molar-refractivity contribution is 0.625. The van der Waals surface area contributed by atoms with E-state index in [1.165, 1.54) is 17.5 Å². The quantitative estimate of drug-likeness (QED) is 0.629. The highest BCUT2D eigenvalue weighted by molar-refractivity contribution is 7.07. The lowest BCUT2D eigenvalue weighted by Crippen LogP contribution is -2.04. The van der Waals surface area contributed by atoms with Gasteiger partial charge in [-0.15, -0.1) is 16.4 Å². The first-order valence-electron chi connectivity index (χ1n) is 6.42. The van der Waals surface area contributed by atoms with E-state index in [2.05, 4.69) is 25.4 Å². The van der Waals surface area contributed by atoms with Crippen molar-refractivity contribution >= 4 is 28.4 Å². The van der Waals surface area contributed by atoms with Crippen molar-refractivity contribution in [2.24, 2.45) is 0 Å². The standard InChI is InChI=1S/C14H9FN6S/c15-9-6-16-4-3-10(9)18-14-12-2-1-5-21(12)20-13(19-14)11-7-22-8-17-11/h1-8H,(H,16,18,19,20). The van der Waals surface area contributed by atoms with E-state index in [0.717, 1.165) is 11.7 Å². The fraction of sp³-hybridized carbons (Fsp3) is 0. The summed E-state index contributed by atoms with van der Waals surface area (Å²) >= 11 is 1.47. The smallest absolute Gasteiger partial charge is 0.201 e. The minimum atomic E-state index is -0.443. The van der Waals surface area contributed by atoms with Crippen molar-refractivity contribution in [1.82, 2.24) is 24.6 Å². The van der Waals surface area contributed by atoms with Crippen molar-refractivity contribution in [3.8, 4) is 11.5 Å². The highest BCUT2D eigenvalue weighted by Gasteiger charge is 2.12. The zero-order chi connectivity index (χ0) is 14.9. The van der Waals surface area contributed by atoms with Gasteiger partial charge in [0.05, 0.1) is 17.4 Å². The maximum atomic E-state index is 13.8. The van der Waals surface area contributed by atoms with E-state index < -0.39 is 5.82 Å². The summed E-state index contributed by atoms with van der Waals surface area (Å²) < 4.78 is 15.5. The predicted octanol–water partition coefficient (Wildman–Crippen LogP) is 3.13.